The maximum Gasteiger partial charge on any atom is 0.189 e. The number of aryl methyl sites for hydroxylation is 1. The highest BCUT2D eigenvalue weighted by Gasteiger charge is 2.09. The summed E-state index contributed by atoms with van der Waals surface area (Å²) >= 11 is 3.36. The number of Topliss-reactive ketones (excluding diaryl/α,β-unsaturated/α-hetero) is 1. The summed E-state index contributed by atoms with van der Waals surface area (Å²) in [5.74, 6) is 0.0127. The molecular weight excluding hydrogens is 244 g/mol. The minimum Gasteiger partial charge on any atom is -0.374 e. The summed E-state index contributed by atoms with van der Waals surface area (Å²) in [7, 11) is 0. The average molecular weight is 257 g/mol. The van der Waals surface area contributed by atoms with Crippen LogP contribution < -0.4 is 0 Å². The molecule has 0 aliphatic carbocycles. The van der Waals surface area contributed by atoms with Crippen molar-refractivity contribution in [3.05, 3.63) is 33.8 Å². The smallest absolute Gasteiger partial charge is 0.189 e. The van der Waals surface area contributed by atoms with Crippen LogP contribution in [0.4, 0.5) is 0 Å². The van der Waals surface area contributed by atoms with Crippen molar-refractivity contribution in [3.8, 4) is 0 Å². The molecule has 3 heteroatoms. The normalized spacial score (nSPS) is 10.2. The zero-order valence-corrected chi connectivity index (χ0v) is 9.93. The number of carbonyl (C=O) groups excluding carboxylic acids is 1. The summed E-state index contributed by atoms with van der Waals surface area (Å²) in [4.78, 5) is 11.6. The fourth-order valence-corrected chi connectivity index (χ4v) is 1.83. The maximum atomic E-state index is 11.6. The molecule has 0 unspecified atom stereocenters. The van der Waals surface area contributed by atoms with Gasteiger partial charge in [0, 0.05) is 16.6 Å². The molecule has 0 radical (unpaired) electrons. The van der Waals surface area contributed by atoms with Crippen LogP contribution in [0.25, 0.3) is 0 Å². The van der Waals surface area contributed by atoms with E-state index in [4.69, 9.17) is 4.74 Å². The van der Waals surface area contributed by atoms with Crippen LogP contribution >= 0.6 is 15.9 Å². The molecule has 0 heterocycles. The summed E-state index contributed by atoms with van der Waals surface area (Å²) in [5.41, 5.74) is 1.81. The van der Waals surface area contributed by atoms with Crippen LogP contribution in [-0.2, 0) is 4.74 Å². The van der Waals surface area contributed by atoms with E-state index >= 15 is 0 Å². The molecule has 1 aromatic rings. The molecule has 0 saturated heterocycles. The zero-order valence-electron chi connectivity index (χ0n) is 8.34. The van der Waals surface area contributed by atoms with E-state index in [2.05, 4.69) is 15.9 Å². The summed E-state index contributed by atoms with van der Waals surface area (Å²) in [6.45, 7) is 4.58. The number of hydrogen-bond acceptors (Lipinski definition) is 2. The molecule has 76 valence electrons. The Labute approximate surface area is 92.4 Å². The second kappa shape index (κ2) is 5.27. The lowest BCUT2D eigenvalue weighted by Gasteiger charge is -2.04. The third-order valence-electron chi connectivity index (χ3n) is 1.86. The van der Waals surface area contributed by atoms with E-state index in [1.54, 1.807) is 0 Å². The monoisotopic (exact) mass is 256 g/mol. The van der Waals surface area contributed by atoms with Gasteiger partial charge in [-0.1, -0.05) is 22.0 Å². The standard InChI is InChI=1S/C11H13BrO2/c1-3-14-7-11(13)9-5-4-8(2)6-10(9)12/h4-6H,3,7H2,1-2H3. The third-order valence-corrected chi connectivity index (χ3v) is 2.52. The molecule has 0 N–H and O–H groups in total. The molecule has 2 nitrogen and oxygen atoms in total. The highest BCUT2D eigenvalue weighted by molar-refractivity contribution is 9.10. The van der Waals surface area contributed by atoms with Gasteiger partial charge >= 0.3 is 0 Å². The minimum absolute atomic E-state index is 0.0127. The number of carbonyl (C=O) groups is 1. The summed E-state index contributed by atoms with van der Waals surface area (Å²) < 4.78 is 5.90. The van der Waals surface area contributed by atoms with Gasteiger partial charge in [-0.15, -0.1) is 0 Å². The number of halogens is 1. The van der Waals surface area contributed by atoms with Gasteiger partial charge in [0.25, 0.3) is 0 Å². The van der Waals surface area contributed by atoms with Crippen molar-refractivity contribution in [3.63, 3.8) is 0 Å². The van der Waals surface area contributed by atoms with E-state index in [-0.39, 0.29) is 12.4 Å². The van der Waals surface area contributed by atoms with E-state index in [1.807, 2.05) is 32.0 Å². The van der Waals surface area contributed by atoms with Gasteiger partial charge in [-0.2, -0.15) is 0 Å². The molecule has 1 aromatic carbocycles. The molecule has 0 aromatic heterocycles. The van der Waals surface area contributed by atoms with Crippen LogP contribution in [0.1, 0.15) is 22.8 Å². The van der Waals surface area contributed by atoms with Crippen LogP contribution in [0.3, 0.4) is 0 Å². The van der Waals surface area contributed by atoms with Crippen LogP contribution in [0.2, 0.25) is 0 Å². The first-order valence-corrected chi connectivity index (χ1v) is 5.31. The van der Waals surface area contributed by atoms with Gasteiger partial charge in [0.05, 0.1) is 0 Å². The van der Waals surface area contributed by atoms with Crippen molar-refractivity contribution in [1.82, 2.24) is 0 Å². The molecule has 0 saturated carbocycles. The first kappa shape index (κ1) is 11.4. The highest BCUT2D eigenvalue weighted by atomic mass is 79.9. The lowest BCUT2D eigenvalue weighted by molar-refractivity contribution is 0.0782. The van der Waals surface area contributed by atoms with Crippen molar-refractivity contribution in [2.24, 2.45) is 0 Å². The second-order valence-electron chi connectivity index (χ2n) is 3.04. The number of ketones is 1. The molecular formula is C11H13BrO2. The van der Waals surface area contributed by atoms with Gasteiger partial charge in [0.2, 0.25) is 0 Å². The quantitative estimate of drug-likeness (QED) is 0.775. The van der Waals surface area contributed by atoms with Crippen LogP contribution in [0.15, 0.2) is 22.7 Å². The summed E-state index contributed by atoms with van der Waals surface area (Å²) in [6.07, 6.45) is 0. The maximum absolute atomic E-state index is 11.6. The van der Waals surface area contributed by atoms with Crippen LogP contribution in [-0.4, -0.2) is 19.0 Å². The van der Waals surface area contributed by atoms with E-state index in [0.717, 1.165) is 10.0 Å². The lowest BCUT2D eigenvalue weighted by atomic mass is 10.1. The van der Waals surface area contributed by atoms with Gasteiger partial charge in [-0.25, -0.2) is 0 Å². The molecule has 0 fully saturated rings. The number of rotatable bonds is 4. The van der Waals surface area contributed by atoms with Crippen LogP contribution in [0.5, 0.6) is 0 Å². The number of ether oxygens (including phenoxy) is 1. The van der Waals surface area contributed by atoms with Crippen molar-refractivity contribution < 1.29 is 9.53 Å². The Bertz CT molecular complexity index is 334. The van der Waals surface area contributed by atoms with Crippen molar-refractivity contribution in [2.45, 2.75) is 13.8 Å². The van der Waals surface area contributed by atoms with Crippen molar-refractivity contribution in [2.75, 3.05) is 13.2 Å². The Hall–Kier alpha value is -0.670. The van der Waals surface area contributed by atoms with E-state index in [9.17, 15) is 4.79 Å². The predicted molar refractivity (Wildman–Crippen MR) is 59.7 cm³/mol. The van der Waals surface area contributed by atoms with Gasteiger partial charge in [0.15, 0.2) is 5.78 Å². The largest absolute Gasteiger partial charge is 0.374 e. The Morgan fingerprint density at radius 2 is 2.21 bits per heavy atom. The first-order valence-electron chi connectivity index (χ1n) is 4.52. The summed E-state index contributed by atoms with van der Waals surface area (Å²) in [6, 6.07) is 5.67. The number of benzene rings is 1. The average Bonchev–Trinajstić information content (AvgIpc) is 2.14. The van der Waals surface area contributed by atoms with Crippen molar-refractivity contribution in [1.29, 1.82) is 0 Å². The Morgan fingerprint density at radius 1 is 1.50 bits per heavy atom. The highest BCUT2D eigenvalue weighted by Crippen LogP contribution is 2.18. The Morgan fingerprint density at radius 3 is 2.79 bits per heavy atom. The molecule has 0 bridgehead atoms. The predicted octanol–water partition coefficient (Wildman–Crippen LogP) is 2.98. The molecule has 0 atom stereocenters. The zero-order chi connectivity index (χ0) is 10.6. The van der Waals surface area contributed by atoms with E-state index < -0.39 is 0 Å². The van der Waals surface area contributed by atoms with Gasteiger partial charge in [-0.05, 0) is 31.5 Å². The molecule has 0 aliphatic rings. The molecule has 14 heavy (non-hydrogen) atoms. The first-order chi connectivity index (χ1) is 6.65. The fraction of sp³-hybridized carbons (Fsp3) is 0.364. The van der Waals surface area contributed by atoms with Crippen LogP contribution in [0, 0.1) is 6.92 Å². The lowest BCUT2D eigenvalue weighted by Crippen LogP contribution is -2.09. The van der Waals surface area contributed by atoms with E-state index in [0.29, 0.717) is 12.2 Å². The van der Waals surface area contributed by atoms with Gasteiger partial charge in [0.1, 0.15) is 6.61 Å². The Balaban J connectivity index is 2.80. The topological polar surface area (TPSA) is 26.3 Å². The third kappa shape index (κ3) is 2.93. The van der Waals surface area contributed by atoms with Gasteiger partial charge in [-0.3, -0.25) is 4.79 Å². The summed E-state index contributed by atoms with van der Waals surface area (Å²) in [5, 5.41) is 0. The SMILES string of the molecule is CCOCC(=O)c1ccc(C)cc1Br. The second-order valence-corrected chi connectivity index (χ2v) is 3.90. The van der Waals surface area contributed by atoms with Gasteiger partial charge < -0.3 is 4.74 Å². The fourth-order valence-electron chi connectivity index (χ4n) is 1.12. The molecule has 0 aliphatic heterocycles. The Kier molecular flexibility index (Phi) is 4.29. The molecule has 0 amide bonds. The van der Waals surface area contributed by atoms with Crippen molar-refractivity contribution >= 4 is 21.7 Å². The minimum atomic E-state index is 0.0127. The molecule has 0 spiro atoms. The molecule has 1 rings (SSSR count). The number of hydrogen-bond donors (Lipinski definition) is 0. The van der Waals surface area contributed by atoms with E-state index in [1.165, 1.54) is 0 Å².